The van der Waals surface area contributed by atoms with Gasteiger partial charge in [0.1, 0.15) is 17.4 Å². The molecule has 0 atom stereocenters. The number of aliphatic imine (C=N–C) groups is 1. The second-order valence-electron chi connectivity index (χ2n) is 8.34. The zero-order valence-electron chi connectivity index (χ0n) is 19.9. The third kappa shape index (κ3) is 5.46. The number of rotatable bonds is 7. The lowest BCUT2D eigenvalue weighted by molar-refractivity contribution is 0.387. The van der Waals surface area contributed by atoms with Crippen molar-refractivity contribution in [2.75, 3.05) is 20.1 Å². The van der Waals surface area contributed by atoms with E-state index in [4.69, 9.17) is 32.2 Å². The van der Waals surface area contributed by atoms with Crippen LogP contribution in [-0.2, 0) is 0 Å². The van der Waals surface area contributed by atoms with Gasteiger partial charge in [-0.1, -0.05) is 35.9 Å². The minimum absolute atomic E-state index is 0.0357. The molecule has 1 aliphatic heterocycles. The van der Waals surface area contributed by atoms with E-state index < -0.39 is 0 Å². The summed E-state index contributed by atoms with van der Waals surface area (Å²) in [6, 6.07) is 20.7. The van der Waals surface area contributed by atoms with Crippen LogP contribution >= 0.6 is 11.6 Å². The van der Waals surface area contributed by atoms with Gasteiger partial charge in [-0.3, -0.25) is 10.4 Å². The lowest BCUT2D eigenvalue weighted by atomic mass is 10.1. The number of nitrogens with two attached hydrogens (primary N) is 1. The normalized spacial score (nSPS) is 12.8. The number of hydrogen-bond acceptors (Lipinski definition) is 8. The Balaban J connectivity index is 1.52. The zero-order chi connectivity index (χ0) is 25.9. The first kappa shape index (κ1) is 24.1. The standard InChI is InChI=1S/C27H23ClN6O3/c1-34-11-10-31-26(34)18-5-3-7-20(13-18)36-27-32-21(16-4-2-6-19(28)12-16)15-24(33-27)37-23-14-17(25(29)30)8-9-22(23)35/h2-9,12-15,35H,10-11H2,1H3,(H3,29,30). The van der Waals surface area contributed by atoms with Gasteiger partial charge in [0, 0.05) is 41.4 Å². The van der Waals surface area contributed by atoms with Gasteiger partial charge in [-0.15, -0.1) is 0 Å². The van der Waals surface area contributed by atoms with Gasteiger partial charge in [0.2, 0.25) is 5.88 Å². The van der Waals surface area contributed by atoms with Crippen LogP contribution < -0.4 is 15.2 Å². The minimum Gasteiger partial charge on any atom is -0.504 e. The summed E-state index contributed by atoms with van der Waals surface area (Å²) >= 11 is 6.21. The number of phenolic OH excluding ortho intramolecular Hbond substituents is 1. The Hall–Kier alpha value is -4.63. The molecule has 4 aromatic rings. The topological polar surface area (TPSA) is 130 Å². The molecule has 0 aliphatic carbocycles. The highest BCUT2D eigenvalue weighted by Crippen LogP contribution is 2.34. The first-order valence-corrected chi connectivity index (χ1v) is 11.8. The van der Waals surface area contributed by atoms with Gasteiger partial charge >= 0.3 is 6.01 Å². The average molecular weight is 515 g/mol. The fourth-order valence-corrected chi connectivity index (χ4v) is 4.01. The summed E-state index contributed by atoms with van der Waals surface area (Å²) < 4.78 is 11.9. The molecule has 1 aromatic heterocycles. The van der Waals surface area contributed by atoms with Crippen molar-refractivity contribution < 1.29 is 14.6 Å². The number of amidine groups is 2. The van der Waals surface area contributed by atoms with Crippen LogP contribution in [0.3, 0.4) is 0 Å². The quantitative estimate of drug-likeness (QED) is 0.232. The van der Waals surface area contributed by atoms with Crippen molar-refractivity contribution in [2.45, 2.75) is 0 Å². The summed E-state index contributed by atoms with van der Waals surface area (Å²) in [5.41, 5.74) is 8.13. The van der Waals surface area contributed by atoms with E-state index in [1.807, 2.05) is 37.4 Å². The molecule has 2 heterocycles. The van der Waals surface area contributed by atoms with Crippen LogP contribution in [0.4, 0.5) is 0 Å². The van der Waals surface area contributed by atoms with Crippen molar-refractivity contribution in [3.63, 3.8) is 0 Å². The fraction of sp³-hybridized carbons (Fsp3) is 0.111. The zero-order valence-corrected chi connectivity index (χ0v) is 20.6. The highest BCUT2D eigenvalue weighted by atomic mass is 35.5. The number of aromatic hydroxyl groups is 1. The Morgan fingerprint density at radius 3 is 2.57 bits per heavy atom. The third-order valence-corrected chi connectivity index (χ3v) is 5.88. The van der Waals surface area contributed by atoms with Crippen molar-refractivity contribution in [1.82, 2.24) is 14.9 Å². The molecular weight excluding hydrogens is 492 g/mol. The van der Waals surface area contributed by atoms with Gasteiger partial charge in [0.15, 0.2) is 11.5 Å². The minimum atomic E-state index is -0.159. The summed E-state index contributed by atoms with van der Waals surface area (Å²) in [4.78, 5) is 15.6. The summed E-state index contributed by atoms with van der Waals surface area (Å²) in [6.45, 7) is 1.61. The number of nitrogens with zero attached hydrogens (tertiary/aromatic N) is 4. The Labute approximate surface area is 218 Å². The number of phenols is 1. The summed E-state index contributed by atoms with van der Waals surface area (Å²) in [6.07, 6.45) is 0. The SMILES string of the molecule is CN1CCN=C1c1cccc(Oc2nc(Oc3cc(C(=N)N)ccc3O)cc(-c3cccc(Cl)c3)n2)c1. The summed E-state index contributed by atoms with van der Waals surface area (Å²) in [5, 5.41) is 18.5. The molecule has 0 fully saturated rings. The van der Waals surface area contributed by atoms with Crippen LogP contribution in [0.1, 0.15) is 11.1 Å². The van der Waals surface area contributed by atoms with E-state index in [2.05, 4.69) is 19.9 Å². The van der Waals surface area contributed by atoms with Crippen molar-refractivity contribution in [2.24, 2.45) is 10.7 Å². The van der Waals surface area contributed by atoms with Gasteiger partial charge in [-0.05, 0) is 42.5 Å². The van der Waals surface area contributed by atoms with Crippen LogP contribution in [0.5, 0.6) is 29.1 Å². The molecule has 5 rings (SSSR count). The number of aromatic nitrogens is 2. The number of likely N-dealkylation sites (N-methyl/N-ethyl adjacent to an activating group) is 1. The number of halogens is 1. The van der Waals surface area contributed by atoms with E-state index in [9.17, 15) is 5.11 Å². The van der Waals surface area contributed by atoms with Crippen molar-refractivity contribution >= 4 is 23.3 Å². The van der Waals surface area contributed by atoms with E-state index in [0.717, 1.165) is 30.1 Å². The van der Waals surface area contributed by atoms with E-state index in [1.165, 1.54) is 18.2 Å². The second-order valence-corrected chi connectivity index (χ2v) is 8.78. The number of hydrogen-bond donors (Lipinski definition) is 3. The van der Waals surface area contributed by atoms with E-state index in [0.29, 0.717) is 22.0 Å². The smallest absolute Gasteiger partial charge is 0.325 e. The van der Waals surface area contributed by atoms with Crippen LogP contribution in [0.25, 0.3) is 11.3 Å². The maximum Gasteiger partial charge on any atom is 0.325 e. The van der Waals surface area contributed by atoms with E-state index >= 15 is 0 Å². The van der Waals surface area contributed by atoms with E-state index in [-0.39, 0.29) is 29.2 Å². The van der Waals surface area contributed by atoms with E-state index in [1.54, 1.807) is 24.3 Å². The van der Waals surface area contributed by atoms with Crippen LogP contribution in [0.2, 0.25) is 5.02 Å². The Morgan fingerprint density at radius 1 is 1.00 bits per heavy atom. The molecule has 1 aliphatic rings. The molecule has 0 spiro atoms. The van der Waals surface area contributed by atoms with Gasteiger partial charge in [-0.2, -0.15) is 9.97 Å². The highest BCUT2D eigenvalue weighted by Gasteiger charge is 2.17. The number of nitrogen functional groups attached to an aromatic ring is 1. The first-order chi connectivity index (χ1) is 17.9. The van der Waals surface area contributed by atoms with Crippen molar-refractivity contribution in [3.8, 4) is 40.4 Å². The monoisotopic (exact) mass is 514 g/mol. The molecule has 0 saturated heterocycles. The molecule has 4 N–H and O–H groups in total. The maximum absolute atomic E-state index is 10.3. The molecule has 37 heavy (non-hydrogen) atoms. The van der Waals surface area contributed by atoms with Crippen molar-refractivity contribution in [3.05, 3.63) is 88.9 Å². The van der Waals surface area contributed by atoms with Crippen molar-refractivity contribution in [1.29, 1.82) is 5.41 Å². The maximum atomic E-state index is 10.3. The third-order valence-electron chi connectivity index (χ3n) is 5.65. The summed E-state index contributed by atoms with van der Waals surface area (Å²) in [5.74, 6) is 1.32. The molecule has 186 valence electrons. The molecule has 0 amide bonds. The predicted octanol–water partition coefficient (Wildman–Crippen LogP) is 5.06. The number of benzene rings is 3. The van der Waals surface area contributed by atoms with Gasteiger partial charge < -0.3 is 25.2 Å². The molecule has 0 bridgehead atoms. The molecule has 0 radical (unpaired) electrons. The molecule has 3 aromatic carbocycles. The highest BCUT2D eigenvalue weighted by molar-refractivity contribution is 6.30. The average Bonchev–Trinajstić information content (AvgIpc) is 3.31. The fourth-order valence-electron chi connectivity index (χ4n) is 3.82. The first-order valence-electron chi connectivity index (χ1n) is 11.4. The van der Waals surface area contributed by atoms with Gasteiger partial charge in [0.05, 0.1) is 12.2 Å². The molecule has 0 unspecified atom stereocenters. The van der Waals surface area contributed by atoms with Gasteiger partial charge in [0.25, 0.3) is 0 Å². The lowest BCUT2D eigenvalue weighted by Crippen LogP contribution is -2.23. The van der Waals surface area contributed by atoms with Crippen LogP contribution in [0, 0.1) is 5.41 Å². The Bertz CT molecular complexity index is 1520. The van der Waals surface area contributed by atoms with Gasteiger partial charge in [-0.25, -0.2) is 0 Å². The molecule has 10 heteroatoms. The summed E-state index contributed by atoms with van der Waals surface area (Å²) in [7, 11) is 2.00. The lowest BCUT2D eigenvalue weighted by Gasteiger charge is -2.15. The van der Waals surface area contributed by atoms with Crippen LogP contribution in [-0.4, -0.2) is 51.8 Å². The molecule has 0 saturated carbocycles. The molecular formula is C27H23ClN6O3. The second kappa shape index (κ2) is 10.2. The largest absolute Gasteiger partial charge is 0.504 e. The predicted molar refractivity (Wildman–Crippen MR) is 142 cm³/mol. The van der Waals surface area contributed by atoms with Crippen LogP contribution in [0.15, 0.2) is 77.8 Å². The Morgan fingerprint density at radius 2 is 1.81 bits per heavy atom. The Kier molecular flexibility index (Phi) is 6.61. The number of nitrogens with one attached hydrogen (secondary N) is 1. The number of ether oxygens (including phenoxy) is 2. The molecule has 9 nitrogen and oxygen atoms in total.